The van der Waals surface area contributed by atoms with Crippen LogP contribution in [0.4, 0.5) is 11.4 Å². The monoisotopic (exact) mass is 249 g/mol. The molecular weight excluding hydrogens is 234 g/mol. The summed E-state index contributed by atoms with van der Waals surface area (Å²) >= 11 is 0. The Morgan fingerprint density at radius 1 is 1.56 bits per heavy atom. The molecule has 0 aliphatic rings. The van der Waals surface area contributed by atoms with Gasteiger partial charge in [-0.15, -0.1) is 6.58 Å². The van der Waals surface area contributed by atoms with Gasteiger partial charge < -0.3 is 10.6 Å². The van der Waals surface area contributed by atoms with Crippen LogP contribution in [-0.2, 0) is 0 Å². The minimum absolute atomic E-state index is 0.111. The quantitative estimate of drug-likeness (QED) is 0.349. The van der Waals surface area contributed by atoms with Gasteiger partial charge in [0.2, 0.25) is 0 Å². The molecule has 1 rings (SSSR count). The second kappa shape index (κ2) is 6.39. The highest BCUT2D eigenvalue weighted by Crippen LogP contribution is 2.25. The molecule has 6 nitrogen and oxygen atoms in total. The molecule has 2 N–H and O–H groups in total. The third-order valence-corrected chi connectivity index (χ3v) is 2.35. The lowest BCUT2D eigenvalue weighted by molar-refractivity contribution is -0.384. The highest BCUT2D eigenvalue weighted by molar-refractivity contribution is 5.95. The number of nitro benzene ring substituents is 1. The number of carbonyl (C=O) groups is 1. The summed E-state index contributed by atoms with van der Waals surface area (Å²) in [6.45, 7) is 4.13. The smallest absolute Gasteiger partial charge is 0.293 e. The van der Waals surface area contributed by atoms with Crippen LogP contribution in [0.15, 0.2) is 30.9 Å². The van der Waals surface area contributed by atoms with E-state index in [1.54, 1.807) is 12.1 Å². The van der Waals surface area contributed by atoms with Gasteiger partial charge in [-0.25, -0.2) is 0 Å². The Balaban J connectivity index is 3.00. The van der Waals surface area contributed by atoms with Crippen LogP contribution in [0.25, 0.3) is 0 Å². The lowest BCUT2D eigenvalue weighted by atomic mass is 10.1. The number of hydrogen-bond donors (Lipinski definition) is 2. The summed E-state index contributed by atoms with van der Waals surface area (Å²) in [5, 5.41) is 16.3. The second-order valence-electron chi connectivity index (χ2n) is 3.57. The number of amides is 1. The maximum atomic E-state index is 11.4. The molecule has 6 heteroatoms. The molecule has 0 heterocycles. The first kappa shape index (κ1) is 13.7. The van der Waals surface area contributed by atoms with Crippen LogP contribution in [0, 0.1) is 10.1 Å². The summed E-state index contributed by atoms with van der Waals surface area (Å²) < 4.78 is 0. The number of anilines is 1. The molecule has 0 spiro atoms. The van der Waals surface area contributed by atoms with Crippen molar-refractivity contribution in [1.82, 2.24) is 5.32 Å². The van der Waals surface area contributed by atoms with Gasteiger partial charge >= 0.3 is 0 Å². The van der Waals surface area contributed by atoms with E-state index in [1.165, 1.54) is 19.2 Å². The molecule has 0 bridgehead atoms. The van der Waals surface area contributed by atoms with Crippen molar-refractivity contribution in [1.29, 1.82) is 0 Å². The van der Waals surface area contributed by atoms with Gasteiger partial charge in [-0.05, 0) is 18.6 Å². The maximum absolute atomic E-state index is 11.4. The van der Waals surface area contributed by atoms with Gasteiger partial charge in [-0.1, -0.05) is 6.08 Å². The Morgan fingerprint density at radius 2 is 2.28 bits per heavy atom. The molecule has 18 heavy (non-hydrogen) atoms. The van der Waals surface area contributed by atoms with Gasteiger partial charge in [-0.2, -0.15) is 0 Å². The fourth-order valence-corrected chi connectivity index (χ4v) is 1.43. The molecule has 0 radical (unpaired) electrons. The average Bonchev–Trinajstić information content (AvgIpc) is 2.38. The van der Waals surface area contributed by atoms with E-state index in [-0.39, 0.29) is 17.2 Å². The summed E-state index contributed by atoms with van der Waals surface area (Å²) in [5.41, 5.74) is 0.549. The van der Waals surface area contributed by atoms with Crippen LogP contribution in [0.5, 0.6) is 0 Å². The van der Waals surface area contributed by atoms with Crippen molar-refractivity contribution < 1.29 is 9.72 Å². The van der Waals surface area contributed by atoms with E-state index in [0.717, 1.165) is 0 Å². The van der Waals surface area contributed by atoms with E-state index in [0.29, 0.717) is 18.7 Å². The van der Waals surface area contributed by atoms with E-state index in [4.69, 9.17) is 0 Å². The fourth-order valence-electron chi connectivity index (χ4n) is 1.43. The first-order valence-electron chi connectivity index (χ1n) is 5.45. The highest BCUT2D eigenvalue weighted by Gasteiger charge is 2.16. The molecule has 0 saturated carbocycles. The molecule has 1 amide bonds. The normalized spacial score (nSPS) is 9.61. The molecule has 0 fully saturated rings. The Hall–Kier alpha value is -2.37. The van der Waals surface area contributed by atoms with Gasteiger partial charge in [0.15, 0.2) is 0 Å². The second-order valence-corrected chi connectivity index (χ2v) is 3.57. The first-order valence-corrected chi connectivity index (χ1v) is 5.45. The third kappa shape index (κ3) is 3.31. The van der Waals surface area contributed by atoms with Gasteiger partial charge in [-0.3, -0.25) is 14.9 Å². The largest absolute Gasteiger partial charge is 0.379 e. The van der Waals surface area contributed by atoms with Crippen molar-refractivity contribution in [2.45, 2.75) is 6.42 Å². The van der Waals surface area contributed by atoms with Crippen molar-refractivity contribution in [3.05, 3.63) is 46.5 Å². The van der Waals surface area contributed by atoms with Gasteiger partial charge in [0.25, 0.3) is 11.6 Å². The number of nitro groups is 1. The Kier molecular flexibility index (Phi) is 4.86. The molecule has 1 aromatic carbocycles. The van der Waals surface area contributed by atoms with Gasteiger partial charge in [0.05, 0.1) is 4.92 Å². The third-order valence-electron chi connectivity index (χ3n) is 2.35. The van der Waals surface area contributed by atoms with Crippen molar-refractivity contribution in [3.63, 3.8) is 0 Å². The fraction of sp³-hybridized carbons (Fsp3) is 0.250. The van der Waals surface area contributed by atoms with Crippen LogP contribution < -0.4 is 10.6 Å². The van der Waals surface area contributed by atoms with E-state index < -0.39 is 4.92 Å². The Morgan fingerprint density at radius 3 is 2.83 bits per heavy atom. The minimum Gasteiger partial charge on any atom is -0.379 e. The number of carbonyl (C=O) groups excluding carboxylic acids is 1. The molecule has 0 aliphatic carbocycles. The maximum Gasteiger partial charge on any atom is 0.293 e. The minimum atomic E-state index is -0.511. The molecule has 0 unspecified atom stereocenters. The van der Waals surface area contributed by atoms with Crippen LogP contribution in [0.2, 0.25) is 0 Å². The Labute approximate surface area is 105 Å². The molecule has 0 saturated heterocycles. The van der Waals surface area contributed by atoms with Crippen molar-refractivity contribution in [2.24, 2.45) is 0 Å². The highest BCUT2D eigenvalue weighted by atomic mass is 16.6. The number of rotatable bonds is 6. The van der Waals surface area contributed by atoms with Crippen molar-refractivity contribution in [2.75, 3.05) is 18.9 Å². The summed E-state index contributed by atoms with van der Waals surface area (Å²) in [5.74, 6) is -0.351. The molecule has 1 aromatic rings. The molecule has 0 atom stereocenters. The zero-order valence-corrected chi connectivity index (χ0v) is 10.1. The number of hydrogen-bond acceptors (Lipinski definition) is 4. The molecule has 0 aromatic heterocycles. The first-order chi connectivity index (χ1) is 8.60. The van der Waals surface area contributed by atoms with Crippen LogP contribution in [0.3, 0.4) is 0 Å². The lowest BCUT2D eigenvalue weighted by Crippen LogP contribution is -2.18. The van der Waals surface area contributed by atoms with Gasteiger partial charge in [0.1, 0.15) is 5.69 Å². The van der Waals surface area contributed by atoms with Crippen molar-refractivity contribution in [3.8, 4) is 0 Å². The predicted octanol–water partition coefficient (Wildman–Crippen LogP) is 1.94. The summed E-state index contributed by atoms with van der Waals surface area (Å²) in [6.07, 6.45) is 2.42. The van der Waals surface area contributed by atoms with E-state index in [1.807, 2.05) is 0 Å². The number of nitrogens with zero attached hydrogens (tertiary/aromatic N) is 1. The summed E-state index contributed by atoms with van der Waals surface area (Å²) in [4.78, 5) is 21.8. The summed E-state index contributed by atoms with van der Waals surface area (Å²) in [7, 11) is 1.48. The van der Waals surface area contributed by atoms with Gasteiger partial charge in [0, 0.05) is 25.2 Å². The summed E-state index contributed by atoms with van der Waals surface area (Å²) in [6, 6.07) is 4.34. The number of nitrogens with one attached hydrogen (secondary N) is 2. The lowest BCUT2D eigenvalue weighted by Gasteiger charge is -2.07. The SMILES string of the molecule is C=CCCNc1ccc(C(=O)NC)cc1[N+](=O)[O-]. The zero-order chi connectivity index (χ0) is 13.5. The average molecular weight is 249 g/mol. The Bertz CT molecular complexity index is 472. The van der Waals surface area contributed by atoms with E-state index in [9.17, 15) is 14.9 Å². The van der Waals surface area contributed by atoms with Crippen LogP contribution >= 0.6 is 0 Å². The topological polar surface area (TPSA) is 84.3 Å². The van der Waals surface area contributed by atoms with E-state index in [2.05, 4.69) is 17.2 Å². The molecular formula is C12H15N3O3. The molecule has 96 valence electrons. The van der Waals surface area contributed by atoms with E-state index >= 15 is 0 Å². The predicted molar refractivity (Wildman–Crippen MR) is 69.8 cm³/mol. The van der Waals surface area contributed by atoms with Crippen LogP contribution in [0.1, 0.15) is 16.8 Å². The molecule has 0 aliphatic heterocycles. The zero-order valence-electron chi connectivity index (χ0n) is 10.1. The van der Waals surface area contributed by atoms with Crippen LogP contribution in [-0.4, -0.2) is 24.4 Å². The standard InChI is InChI=1S/C12H15N3O3/c1-3-4-7-14-10-6-5-9(12(16)13-2)8-11(10)15(17)18/h3,5-6,8,14H,1,4,7H2,2H3,(H,13,16). The number of benzene rings is 1. The van der Waals surface area contributed by atoms with Crippen molar-refractivity contribution >= 4 is 17.3 Å².